The normalized spacial score (nSPS) is 6.08. The first-order valence-corrected chi connectivity index (χ1v) is 3.51. The molecule has 0 bridgehead atoms. The molecule has 10 heteroatoms. The topological polar surface area (TPSA) is 92.2 Å². The van der Waals surface area contributed by atoms with Gasteiger partial charge >= 0.3 is 118 Å². The summed E-state index contributed by atoms with van der Waals surface area (Å²) >= 11 is 4.76. The average Bonchev–Trinajstić information content (AvgIpc) is 1.27. The summed E-state index contributed by atoms with van der Waals surface area (Å²) in [7, 11) is -5.61. The molecule has 0 amide bonds. The zero-order valence-electron chi connectivity index (χ0n) is 7.80. The average molecular weight is 247 g/mol. The molecular formula is C2H3ClNa4O4Si. The van der Waals surface area contributed by atoms with Gasteiger partial charge < -0.3 is 28.2 Å². The molecule has 0 aliphatic heterocycles. The van der Waals surface area contributed by atoms with Crippen LogP contribution in [0.3, 0.4) is 0 Å². The molecule has 50 valence electrons. The Morgan fingerprint density at radius 3 is 0.917 bits per heavy atom. The molecule has 0 unspecified atom stereocenters. The van der Waals surface area contributed by atoms with Crippen LogP contribution in [-0.4, -0.2) is 9.05 Å². The van der Waals surface area contributed by atoms with Crippen LogP contribution in [0.4, 0.5) is 0 Å². The molecule has 0 aromatic rings. The van der Waals surface area contributed by atoms with E-state index in [1.165, 1.54) is 5.54 Å². The van der Waals surface area contributed by atoms with E-state index < -0.39 is 9.05 Å². The Labute approximate surface area is 166 Å². The van der Waals surface area contributed by atoms with Gasteiger partial charge in [0, 0.05) is 0 Å². The Morgan fingerprint density at radius 1 is 0.917 bits per heavy atom. The fourth-order valence-electron chi connectivity index (χ4n) is 0. The van der Waals surface area contributed by atoms with Gasteiger partial charge in [0.05, 0.1) is 0 Å². The van der Waals surface area contributed by atoms with E-state index in [9.17, 15) is 0 Å². The van der Waals surface area contributed by atoms with Crippen molar-refractivity contribution in [3.63, 3.8) is 0 Å². The summed E-state index contributed by atoms with van der Waals surface area (Å²) in [6.07, 6.45) is 0. The van der Waals surface area contributed by atoms with Crippen molar-refractivity contribution in [3.8, 4) is 0 Å². The molecular weight excluding hydrogens is 244 g/mol. The maximum atomic E-state index is 8.58. The minimum Gasteiger partial charge on any atom is -0.894 e. The monoisotopic (exact) mass is 246 g/mol. The summed E-state index contributed by atoms with van der Waals surface area (Å²) in [5.41, 5.74) is 1.22. The molecule has 0 heterocycles. The van der Waals surface area contributed by atoms with Gasteiger partial charge in [0.1, 0.15) is 0 Å². The molecule has 0 rings (SSSR count). The quantitative estimate of drug-likeness (QED) is 0.397. The predicted molar refractivity (Wildman–Crippen MR) is 21.8 cm³/mol. The molecule has 0 saturated carbocycles. The minimum atomic E-state index is -5.61. The van der Waals surface area contributed by atoms with Crippen molar-refractivity contribution >= 4 is 20.6 Å². The van der Waals surface area contributed by atoms with Gasteiger partial charge in [-0.25, -0.2) is 0 Å². The summed E-state index contributed by atoms with van der Waals surface area (Å²) in [5, 5.41) is 0. The third-order valence-electron chi connectivity index (χ3n) is 0. The zero-order chi connectivity index (χ0) is 7.21. The molecule has 0 radical (unpaired) electrons. The Morgan fingerprint density at radius 2 is 0.917 bits per heavy atom. The van der Waals surface area contributed by atoms with Gasteiger partial charge in [-0.15, -0.1) is 0 Å². The molecule has 4 nitrogen and oxygen atoms in total. The number of halogens is 1. The van der Waals surface area contributed by atoms with Crippen LogP contribution in [0.5, 0.6) is 0 Å². The van der Waals surface area contributed by atoms with Crippen molar-refractivity contribution in [2.75, 3.05) is 0 Å². The molecule has 0 N–H and O–H groups in total. The van der Waals surface area contributed by atoms with E-state index in [2.05, 4.69) is 6.58 Å². The standard InChI is InChI=1S/C2H3Cl.4Na.O4Si/c1-2-3;;;;;1-5(2,3)4/h2H,1H2;;;;;/q;4*+1;-4. The first-order valence-electron chi connectivity index (χ1n) is 1.44. The SMILES string of the molecule is C=CCl.[Na+].[Na+].[Na+].[Na+].[O-][Si]([O-])([O-])[O-]. The molecule has 0 saturated heterocycles. The fourth-order valence-corrected chi connectivity index (χ4v) is 0. The first kappa shape index (κ1) is 36.0. The smallest absolute Gasteiger partial charge is 0.894 e. The summed E-state index contributed by atoms with van der Waals surface area (Å²) in [6, 6.07) is 0. The third kappa shape index (κ3) is 144. The molecule has 0 aliphatic carbocycles. The van der Waals surface area contributed by atoms with E-state index in [-0.39, 0.29) is 118 Å². The van der Waals surface area contributed by atoms with Gasteiger partial charge in [-0.05, 0) is 5.54 Å². The maximum Gasteiger partial charge on any atom is 1.00 e. The Hall–Kier alpha value is 4.09. The summed E-state index contributed by atoms with van der Waals surface area (Å²) < 4.78 is 0. The van der Waals surface area contributed by atoms with E-state index in [0.717, 1.165) is 0 Å². The van der Waals surface area contributed by atoms with Crippen LogP contribution in [0.1, 0.15) is 0 Å². The largest absolute Gasteiger partial charge is 1.00 e. The summed E-state index contributed by atoms with van der Waals surface area (Å²) in [4.78, 5) is 34.3. The van der Waals surface area contributed by atoms with Crippen LogP contribution in [0.15, 0.2) is 12.1 Å². The fraction of sp³-hybridized carbons (Fsp3) is 0. The molecule has 0 aromatic carbocycles. The van der Waals surface area contributed by atoms with Gasteiger partial charge in [-0.3, -0.25) is 0 Å². The van der Waals surface area contributed by atoms with Crippen molar-refractivity contribution in [1.29, 1.82) is 0 Å². The molecule has 0 aliphatic rings. The molecule has 12 heavy (non-hydrogen) atoms. The molecule has 0 aromatic heterocycles. The van der Waals surface area contributed by atoms with Crippen LogP contribution in [0.2, 0.25) is 0 Å². The van der Waals surface area contributed by atoms with Crippen LogP contribution in [0, 0.1) is 0 Å². The van der Waals surface area contributed by atoms with Crippen molar-refractivity contribution in [1.82, 2.24) is 0 Å². The number of rotatable bonds is 0. The second kappa shape index (κ2) is 24.4. The second-order valence-electron chi connectivity index (χ2n) is 0.654. The zero-order valence-corrected chi connectivity index (χ0v) is 17.6. The number of hydrogen-bond donors (Lipinski definition) is 0. The molecule has 0 atom stereocenters. The Bertz CT molecular complexity index is 64.6. The van der Waals surface area contributed by atoms with Crippen LogP contribution in [0.25, 0.3) is 0 Å². The second-order valence-corrected chi connectivity index (χ2v) is 1.96. The van der Waals surface area contributed by atoms with Crippen LogP contribution in [-0.2, 0) is 0 Å². The summed E-state index contributed by atoms with van der Waals surface area (Å²) in [5.74, 6) is 0. The van der Waals surface area contributed by atoms with Gasteiger partial charge in [0.25, 0.3) is 0 Å². The van der Waals surface area contributed by atoms with Gasteiger partial charge in [-0.1, -0.05) is 18.2 Å². The van der Waals surface area contributed by atoms with Crippen LogP contribution < -0.4 is 137 Å². The first-order chi connectivity index (χ1) is 3.41. The van der Waals surface area contributed by atoms with E-state index in [4.69, 9.17) is 30.8 Å². The molecule has 0 fully saturated rings. The minimum absolute atomic E-state index is 0. The van der Waals surface area contributed by atoms with Crippen LogP contribution >= 0.6 is 11.6 Å². The third-order valence-corrected chi connectivity index (χ3v) is 0. The molecule has 0 spiro atoms. The predicted octanol–water partition coefficient (Wildman–Crippen LogP) is -15.8. The Balaban J connectivity index is -0.0000000119. The van der Waals surface area contributed by atoms with E-state index in [0.29, 0.717) is 0 Å². The van der Waals surface area contributed by atoms with Gasteiger partial charge in [0.15, 0.2) is 0 Å². The Kier molecular flexibility index (Phi) is 73.0. The van der Waals surface area contributed by atoms with Crippen molar-refractivity contribution in [3.05, 3.63) is 12.1 Å². The van der Waals surface area contributed by atoms with E-state index in [1.807, 2.05) is 0 Å². The van der Waals surface area contributed by atoms with Gasteiger partial charge in [-0.2, -0.15) is 0 Å². The maximum absolute atomic E-state index is 8.58. The van der Waals surface area contributed by atoms with Gasteiger partial charge in [0.2, 0.25) is 0 Å². The number of hydrogen-bond acceptors (Lipinski definition) is 4. The van der Waals surface area contributed by atoms with E-state index >= 15 is 0 Å². The van der Waals surface area contributed by atoms with Crippen molar-refractivity contribution in [2.45, 2.75) is 0 Å². The van der Waals surface area contributed by atoms with Crippen molar-refractivity contribution in [2.24, 2.45) is 0 Å². The van der Waals surface area contributed by atoms with Crippen molar-refractivity contribution < 1.29 is 137 Å². The van der Waals surface area contributed by atoms with E-state index in [1.54, 1.807) is 0 Å². The summed E-state index contributed by atoms with van der Waals surface area (Å²) in [6.45, 7) is 3.13.